The maximum atomic E-state index is 12.8. The molecule has 1 heterocycles. The topological polar surface area (TPSA) is 80.3 Å². The number of alkyl carbamates (subject to hydrolysis) is 1. The molecule has 34 heavy (non-hydrogen) atoms. The Labute approximate surface area is 209 Å². The fourth-order valence-corrected chi connectivity index (χ4v) is 4.53. The van der Waals surface area contributed by atoms with Crippen molar-refractivity contribution in [2.75, 3.05) is 12.0 Å². The number of ether oxygens (including phenoxy) is 1. The van der Waals surface area contributed by atoms with Crippen LogP contribution in [0.5, 0.6) is 0 Å². The SMILES string of the molecule is CSCCC(NC(=O)OC(C)(C)C)C(=O)NCc1cccc(-c2nc(-c3ccccc3)cs2)c1. The number of carbonyl (C=O) groups is 2. The Morgan fingerprint density at radius 3 is 2.53 bits per heavy atom. The number of nitrogens with one attached hydrogen (secondary N) is 2. The van der Waals surface area contributed by atoms with Crippen molar-refractivity contribution in [3.8, 4) is 21.8 Å². The molecule has 0 fully saturated rings. The number of hydrogen-bond acceptors (Lipinski definition) is 6. The maximum Gasteiger partial charge on any atom is 0.408 e. The van der Waals surface area contributed by atoms with Gasteiger partial charge in [0.15, 0.2) is 0 Å². The van der Waals surface area contributed by atoms with Gasteiger partial charge in [0.25, 0.3) is 0 Å². The van der Waals surface area contributed by atoms with E-state index in [2.05, 4.69) is 16.0 Å². The van der Waals surface area contributed by atoms with Crippen LogP contribution in [0, 0.1) is 0 Å². The van der Waals surface area contributed by atoms with Crippen molar-refractivity contribution in [2.24, 2.45) is 0 Å². The Balaban J connectivity index is 1.64. The summed E-state index contributed by atoms with van der Waals surface area (Å²) in [5, 5.41) is 8.64. The fraction of sp³-hybridized carbons (Fsp3) is 0.346. The maximum absolute atomic E-state index is 12.8. The van der Waals surface area contributed by atoms with Crippen molar-refractivity contribution in [1.82, 2.24) is 15.6 Å². The van der Waals surface area contributed by atoms with E-state index < -0.39 is 17.7 Å². The van der Waals surface area contributed by atoms with Gasteiger partial charge in [0.05, 0.1) is 5.69 Å². The lowest BCUT2D eigenvalue weighted by molar-refractivity contribution is -0.123. The van der Waals surface area contributed by atoms with Gasteiger partial charge in [-0.15, -0.1) is 11.3 Å². The van der Waals surface area contributed by atoms with E-state index in [9.17, 15) is 9.59 Å². The molecule has 2 amide bonds. The van der Waals surface area contributed by atoms with E-state index in [1.807, 2.05) is 60.9 Å². The van der Waals surface area contributed by atoms with Crippen LogP contribution in [0.3, 0.4) is 0 Å². The van der Waals surface area contributed by atoms with Crippen LogP contribution in [0.25, 0.3) is 21.8 Å². The molecule has 180 valence electrons. The summed E-state index contributed by atoms with van der Waals surface area (Å²) < 4.78 is 5.32. The lowest BCUT2D eigenvalue weighted by Gasteiger charge is -2.23. The van der Waals surface area contributed by atoms with Crippen LogP contribution in [0.15, 0.2) is 60.0 Å². The average molecular weight is 498 g/mol. The van der Waals surface area contributed by atoms with Gasteiger partial charge in [-0.1, -0.05) is 48.5 Å². The third kappa shape index (κ3) is 7.88. The van der Waals surface area contributed by atoms with Gasteiger partial charge in [0.1, 0.15) is 16.7 Å². The molecule has 1 unspecified atom stereocenters. The zero-order valence-electron chi connectivity index (χ0n) is 20.0. The molecular weight excluding hydrogens is 466 g/mol. The predicted molar refractivity (Wildman–Crippen MR) is 141 cm³/mol. The number of thiazole rings is 1. The van der Waals surface area contributed by atoms with Crippen molar-refractivity contribution in [2.45, 2.75) is 45.4 Å². The first-order valence-electron chi connectivity index (χ1n) is 11.1. The number of carbonyl (C=O) groups excluding carboxylic acids is 2. The quantitative estimate of drug-likeness (QED) is 0.394. The normalized spacial score (nSPS) is 12.1. The number of amides is 2. The average Bonchev–Trinajstić information content (AvgIpc) is 3.30. The summed E-state index contributed by atoms with van der Waals surface area (Å²) in [6.07, 6.45) is 1.90. The summed E-state index contributed by atoms with van der Waals surface area (Å²) in [6, 6.07) is 17.4. The van der Waals surface area contributed by atoms with Gasteiger partial charge in [-0.05, 0) is 50.8 Å². The van der Waals surface area contributed by atoms with Crippen LogP contribution in [-0.2, 0) is 16.1 Å². The molecule has 0 saturated carbocycles. The number of aromatic nitrogens is 1. The molecule has 1 atom stereocenters. The highest BCUT2D eigenvalue weighted by Crippen LogP contribution is 2.29. The molecule has 2 N–H and O–H groups in total. The van der Waals surface area contributed by atoms with Crippen molar-refractivity contribution >= 4 is 35.1 Å². The molecule has 0 saturated heterocycles. The third-order valence-electron chi connectivity index (χ3n) is 4.83. The molecule has 0 radical (unpaired) electrons. The zero-order chi connectivity index (χ0) is 24.6. The first kappa shape index (κ1) is 25.8. The second kappa shape index (κ2) is 12.0. The minimum atomic E-state index is -0.655. The fourth-order valence-electron chi connectivity index (χ4n) is 3.23. The Morgan fingerprint density at radius 1 is 1.09 bits per heavy atom. The summed E-state index contributed by atoms with van der Waals surface area (Å²) in [7, 11) is 0. The van der Waals surface area contributed by atoms with Gasteiger partial charge in [0.2, 0.25) is 5.91 Å². The Morgan fingerprint density at radius 2 is 1.82 bits per heavy atom. The van der Waals surface area contributed by atoms with Crippen LogP contribution in [0.2, 0.25) is 0 Å². The molecule has 6 nitrogen and oxygen atoms in total. The lowest BCUT2D eigenvalue weighted by Crippen LogP contribution is -2.48. The number of hydrogen-bond donors (Lipinski definition) is 2. The van der Waals surface area contributed by atoms with Crippen molar-refractivity contribution in [1.29, 1.82) is 0 Å². The van der Waals surface area contributed by atoms with E-state index in [0.29, 0.717) is 13.0 Å². The molecule has 3 rings (SSSR count). The predicted octanol–water partition coefficient (Wildman–Crippen LogP) is 5.74. The second-order valence-electron chi connectivity index (χ2n) is 8.80. The minimum absolute atomic E-state index is 0.231. The molecule has 0 bridgehead atoms. The largest absolute Gasteiger partial charge is 0.444 e. The molecule has 8 heteroatoms. The van der Waals surface area contributed by atoms with E-state index in [1.165, 1.54) is 0 Å². The Bertz CT molecular complexity index is 1090. The molecule has 0 aliphatic carbocycles. The van der Waals surface area contributed by atoms with Gasteiger partial charge < -0.3 is 15.4 Å². The molecule has 0 spiro atoms. The Kier molecular flexibility index (Phi) is 9.12. The smallest absolute Gasteiger partial charge is 0.408 e. The van der Waals surface area contributed by atoms with Crippen LogP contribution in [0.4, 0.5) is 4.79 Å². The van der Waals surface area contributed by atoms with Crippen LogP contribution < -0.4 is 10.6 Å². The van der Waals surface area contributed by atoms with Gasteiger partial charge in [-0.2, -0.15) is 11.8 Å². The van der Waals surface area contributed by atoms with E-state index in [1.54, 1.807) is 43.9 Å². The monoisotopic (exact) mass is 497 g/mol. The van der Waals surface area contributed by atoms with Crippen molar-refractivity contribution < 1.29 is 14.3 Å². The zero-order valence-corrected chi connectivity index (χ0v) is 21.6. The van der Waals surface area contributed by atoms with E-state index in [4.69, 9.17) is 9.72 Å². The lowest BCUT2D eigenvalue weighted by atomic mass is 10.1. The number of rotatable bonds is 9. The van der Waals surface area contributed by atoms with Gasteiger partial charge >= 0.3 is 6.09 Å². The molecule has 3 aromatic rings. The third-order valence-corrected chi connectivity index (χ3v) is 6.37. The summed E-state index contributed by atoms with van der Waals surface area (Å²) in [4.78, 5) is 29.8. The molecule has 2 aromatic carbocycles. The summed E-state index contributed by atoms with van der Waals surface area (Å²) in [5.41, 5.74) is 3.38. The number of benzene rings is 2. The standard InChI is InChI=1S/C26H31N3O3S2/c1-26(2,3)32-25(31)29-21(13-14-33-4)23(30)27-16-18-9-8-12-20(15-18)24-28-22(17-34-24)19-10-6-5-7-11-19/h5-12,15,17,21H,13-14,16H2,1-4H3,(H,27,30)(H,29,31). The van der Waals surface area contributed by atoms with E-state index in [0.717, 1.165) is 33.1 Å². The van der Waals surface area contributed by atoms with Crippen LogP contribution in [0.1, 0.15) is 32.8 Å². The minimum Gasteiger partial charge on any atom is -0.444 e. The van der Waals surface area contributed by atoms with Gasteiger partial charge in [0, 0.05) is 23.1 Å². The molecule has 0 aliphatic heterocycles. The highest BCUT2D eigenvalue weighted by Gasteiger charge is 2.24. The molecule has 1 aromatic heterocycles. The summed E-state index contributed by atoms with van der Waals surface area (Å²) in [6.45, 7) is 5.74. The summed E-state index contributed by atoms with van der Waals surface area (Å²) >= 11 is 3.22. The highest BCUT2D eigenvalue weighted by atomic mass is 32.2. The molecular formula is C26H31N3O3S2. The second-order valence-corrected chi connectivity index (χ2v) is 10.6. The first-order valence-corrected chi connectivity index (χ1v) is 13.4. The number of nitrogens with zero attached hydrogens (tertiary/aromatic N) is 1. The van der Waals surface area contributed by atoms with E-state index >= 15 is 0 Å². The van der Waals surface area contributed by atoms with Crippen molar-refractivity contribution in [3.63, 3.8) is 0 Å². The van der Waals surface area contributed by atoms with Gasteiger partial charge in [-0.3, -0.25) is 4.79 Å². The summed E-state index contributed by atoms with van der Waals surface area (Å²) in [5.74, 6) is 0.517. The first-order chi connectivity index (χ1) is 16.2. The van der Waals surface area contributed by atoms with Crippen LogP contribution in [-0.4, -0.2) is 40.6 Å². The Hall–Kier alpha value is -2.84. The number of thioether (sulfide) groups is 1. The molecule has 0 aliphatic rings. The van der Waals surface area contributed by atoms with Crippen LogP contribution >= 0.6 is 23.1 Å². The van der Waals surface area contributed by atoms with Crippen molar-refractivity contribution in [3.05, 3.63) is 65.5 Å². The van der Waals surface area contributed by atoms with Gasteiger partial charge in [-0.25, -0.2) is 9.78 Å². The van der Waals surface area contributed by atoms with E-state index in [-0.39, 0.29) is 5.91 Å². The highest BCUT2D eigenvalue weighted by molar-refractivity contribution is 7.98.